The van der Waals surface area contributed by atoms with E-state index in [0.29, 0.717) is 24.5 Å². The third kappa shape index (κ3) is 2.12. The van der Waals surface area contributed by atoms with Crippen LogP contribution in [0.1, 0.15) is 24.4 Å². The average molecular weight is 268 g/mol. The first kappa shape index (κ1) is 12.5. The van der Waals surface area contributed by atoms with Crippen LogP contribution in [0, 0.1) is 0 Å². The molecule has 4 atom stereocenters. The summed E-state index contributed by atoms with van der Waals surface area (Å²) >= 11 is 0. The molecule has 0 saturated carbocycles. The molecule has 0 aromatic carbocycles. The van der Waals surface area contributed by atoms with E-state index in [4.69, 9.17) is 9.84 Å². The fraction of sp³-hybridized carbons (Fsp3) is 0.636. The van der Waals surface area contributed by atoms with Crippen LogP contribution in [0.25, 0.3) is 0 Å². The van der Waals surface area contributed by atoms with Crippen molar-refractivity contribution in [1.29, 1.82) is 0 Å². The Balaban J connectivity index is 1.90. The quantitative estimate of drug-likeness (QED) is 0.537. The number of aliphatic imine (C=N–C) groups is 1. The van der Waals surface area contributed by atoms with Crippen LogP contribution in [0.3, 0.4) is 0 Å². The zero-order valence-electron chi connectivity index (χ0n) is 10.2. The van der Waals surface area contributed by atoms with Gasteiger partial charge in [0.15, 0.2) is 5.82 Å². The van der Waals surface area contributed by atoms with Crippen LogP contribution < -0.4 is 5.32 Å². The van der Waals surface area contributed by atoms with Gasteiger partial charge < -0.3 is 25.4 Å². The first-order valence-corrected chi connectivity index (χ1v) is 6.15. The third-order valence-electron chi connectivity index (χ3n) is 3.39. The lowest BCUT2D eigenvalue weighted by Gasteiger charge is -2.14. The molecule has 2 aliphatic heterocycles. The predicted octanol–water partition coefficient (Wildman–Crippen LogP) is -1.18. The monoisotopic (exact) mass is 268 g/mol. The molecule has 0 spiro atoms. The molecule has 0 aliphatic carbocycles. The number of hydrogen-bond donors (Lipinski definition) is 4. The van der Waals surface area contributed by atoms with Crippen molar-refractivity contribution in [2.24, 2.45) is 4.99 Å². The smallest absolute Gasteiger partial charge is 0.162 e. The summed E-state index contributed by atoms with van der Waals surface area (Å²) in [7, 11) is 0. The molecule has 1 aromatic heterocycles. The van der Waals surface area contributed by atoms with Gasteiger partial charge in [0.25, 0.3) is 0 Å². The number of rotatable bonds is 2. The van der Waals surface area contributed by atoms with Crippen molar-refractivity contribution >= 4 is 12.2 Å². The summed E-state index contributed by atoms with van der Waals surface area (Å²) < 4.78 is 7.22. The summed E-state index contributed by atoms with van der Waals surface area (Å²) in [5.74, 6) is 0.508. The first-order valence-electron chi connectivity index (χ1n) is 6.15. The predicted molar refractivity (Wildman–Crippen MR) is 65.0 cm³/mol. The number of ether oxygens (including phenoxy) is 1. The first-order chi connectivity index (χ1) is 9.20. The summed E-state index contributed by atoms with van der Waals surface area (Å²) in [6.07, 6.45) is 0.902. The molecule has 3 rings (SSSR count). The Morgan fingerprint density at radius 2 is 2.32 bits per heavy atom. The zero-order chi connectivity index (χ0) is 13.4. The topological polar surface area (TPSA) is 112 Å². The lowest BCUT2D eigenvalue weighted by molar-refractivity contribution is -0.0438. The molecule has 8 nitrogen and oxygen atoms in total. The van der Waals surface area contributed by atoms with Crippen molar-refractivity contribution in [3.05, 3.63) is 12.0 Å². The van der Waals surface area contributed by atoms with Gasteiger partial charge in [0.05, 0.1) is 25.4 Å². The van der Waals surface area contributed by atoms with Gasteiger partial charge in [-0.3, -0.25) is 4.57 Å². The van der Waals surface area contributed by atoms with E-state index in [2.05, 4.69) is 15.3 Å². The lowest BCUT2D eigenvalue weighted by atomic mass is 10.2. The van der Waals surface area contributed by atoms with Crippen molar-refractivity contribution in [2.45, 2.75) is 31.0 Å². The van der Waals surface area contributed by atoms with Gasteiger partial charge in [0, 0.05) is 13.0 Å². The number of aromatic nitrogens is 2. The Bertz CT molecular complexity index is 489. The van der Waals surface area contributed by atoms with E-state index in [1.807, 2.05) is 0 Å². The van der Waals surface area contributed by atoms with Gasteiger partial charge in [0.2, 0.25) is 0 Å². The van der Waals surface area contributed by atoms with Crippen LogP contribution in [0.2, 0.25) is 0 Å². The van der Waals surface area contributed by atoms with Crippen LogP contribution in [-0.2, 0) is 4.74 Å². The molecule has 1 unspecified atom stereocenters. The number of β-amino-alcohol motifs (C(OH)–C–C–N with tert-alkyl or cyclic N) is 1. The molecule has 19 heavy (non-hydrogen) atoms. The van der Waals surface area contributed by atoms with E-state index in [-0.39, 0.29) is 6.61 Å². The maximum absolute atomic E-state index is 9.90. The summed E-state index contributed by atoms with van der Waals surface area (Å²) in [6, 6.07) is 0. The number of hydrogen-bond acceptors (Lipinski definition) is 7. The van der Waals surface area contributed by atoms with Gasteiger partial charge >= 0.3 is 0 Å². The van der Waals surface area contributed by atoms with Crippen molar-refractivity contribution in [1.82, 2.24) is 14.9 Å². The zero-order valence-corrected chi connectivity index (χ0v) is 10.2. The molecule has 1 aromatic rings. The standard InChI is InChI=1S/C11H16N4O4/c16-3-8-6(17)1-9(19-8)15-5-14-10-7(18)2-12-4-13-11(10)15/h4-9,16-18H,1-3H2,(H,12,13)/t6-,7+,8-,9?/m0/s1. The third-order valence-corrected chi connectivity index (χ3v) is 3.39. The van der Waals surface area contributed by atoms with E-state index < -0.39 is 24.5 Å². The molecular weight excluding hydrogens is 252 g/mol. The van der Waals surface area contributed by atoms with Crippen molar-refractivity contribution in [2.75, 3.05) is 13.2 Å². The van der Waals surface area contributed by atoms with E-state index in [1.54, 1.807) is 4.57 Å². The fourth-order valence-electron chi connectivity index (χ4n) is 2.37. The second kappa shape index (κ2) is 4.89. The maximum atomic E-state index is 9.90. The Kier molecular flexibility index (Phi) is 3.23. The minimum atomic E-state index is -0.737. The molecule has 1 fully saturated rings. The van der Waals surface area contributed by atoms with Gasteiger partial charge in [-0.1, -0.05) is 0 Å². The molecule has 4 N–H and O–H groups in total. The molecule has 0 amide bonds. The molecule has 104 valence electrons. The summed E-state index contributed by atoms with van der Waals surface area (Å²) in [6.45, 7) is 0.114. The Morgan fingerprint density at radius 3 is 3.05 bits per heavy atom. The van der Waals surface area contributed by atoms with Crippen LogP contribution >= 0.6 is 0 Å². The highest BCUT2D eigenvalue weighted by molar-refractivity contribution is 5.62. The SMILES string of the molecule is OC[C@@H]1OC(n2cnc3c2N=CNC[C@H]3O)C[C@@H]1O. The van der Waals surface area contributed by atoms with Gasteiger partial charge in [-0.2, -0.15) is 0 Å². The Labute approximate surface area is 109 Å². The number of aliphatic hydroxyl groups excluding tert-OH is 3. The molecular formula is C11H16N4O4. The highest BCUT2D eigenvalue weighted by Gasteiger charge is 2.36. The molecule has 1 saturated heterocycles. The summed E-state index contributed by atoms with van der Waals surface area (Å²) in [5, 5.41) is 31.6. The molecule has 2 aliphatic rings. The van der Waals surface area contributed by atoms with E-state index >= 15 is 0 Å². The minimum Gasteiger partial charge on any atom is -0.394 e. The molecule has 0 radical (unpaired) electrons. The minimum absolute atomic E-state index is 0.234. The Hall–Kier alpha value is -1.48. The van der Waals surface area contributed by atoms with Crippen LogP contribution in [0.4, 0.5) is 5.82 Å². The van der Waals surface area contributed by atoms with Crippen molar-refractivity contribution in [3.63, 3.8) is 0 Å². The molecule has 0 bridgehead atoms. The highest BCUT2D eigenvalue weighted by Crippen LogP contribution is 2.35. The summed E-state index contributed by atoms with van der Waals surface area (Å²) in [5.41, 5.74) is 0.479. The summed E-state index contributed by atoms with van der Waals surface area (Å²) in [4.78, 5) is 8.35. The second-order valence-electron chi connectivity index (χ2n) is 4.66. The number of nitrogens with zero attached hydrogens (tertiary/aromatic N) is 3. The van der Waals surface area contributed by atoms with Crippen molar-refractivity contribution in [3.8, 4) is 0 Å². The number of imidazole rings is 1. The highest BCUT2D eigenvalue weighted by atomic mass is 16.5. The van der Waals surface area contributed by atoms with Gasteiger partial charge in [-0.15, -0.1) is 0 Å². The van der Waals surface area contributed by atoms with Gasteiger partial charge in [-0.25, -0.2) is 9.98 Å². The Morgan fingerprint density at radius 1 is 1.47 bits per heavy atom. The van der Waals surface area contributed by atoms with Gasteiger partial charge in [-0.05, 0) is 0 Å². The average Bonchev–Trinajstić information content (AvgIpc) is 2.93. The van der Waals surface area contributed by atoms with E-state index in [0.717, 1.165) is 0 Å². The van der Waals surface area contributed by atoms with Crippen LogP contribution in [0.5, 0.6) is 0 Å². The second-order valence-corrected chi connectivity index (χ2v) is 4.66. The fourth-order valence-corrected chi connectivity index (χ4v) is 2.37. The number of aliphatic hydroxyl groups is 3. The van der Waals surface area contributed by atoms with Crippen molar-refractivity contribution < 1.29 is 20.1 Å². The molecule has 3 heterocycles. The lowest BCUT2D eigenvalue weighted by Crippen LogP contribution is -2.24. The largest absolute Gasteiger partial charge is 0.394 e. The van der Waals surface area contributed by atoms with Crippen LogP contribution in [0.15, 0.2) is 11.3 Å². The number of nitrogens with one attached hydrogen (secondary N) is 1. The van der Waals surface area contributed by atoms with Gasteiger partial charge in [0.1, 0.15) is 24.1 Å². The maximum Gasteiger partial charge on any atom is 0.162 e. The van der Waals surface area contributed by atoms with E-state index in [1.165, 1.54) is 12.7 Å². The van der Waals surface area contributed by atoms with E-state index in [9.17, 15) is 10.2 Å². The number of fused-ring (bicyclic) bond motifs is 1. The van der Waals surface area contributed by atoms with Crippen LogP contribution in [-0.4, -0.2) is 56.6 Å². The normalized spacial score (nSPS) is 33.8. The molecule has 8 heteroatoms.